The van der Waals surface area contributed by atoms with Crippen LogP contribution in [0.4, 0.5) is 5.69 Å². The maximum Gasteiger partial charge on any atom is 0.344 e. The van der Waals surface area contributed by atoms with Crippen LogP contribution in [-0.4, -0.2) is 31.9 Å². The number of benzene rings is 1. The summed E-state index contributed by atoms with van der Waals surface area (Å²) in [7, 11) is 0. The summed E-state index contributed by atoms with van der Waals surface area (Å²) in [5, 5.41) is 0. The molecule has 86 valence electrons. The summed E-state index contributed by atoms with van der Waals surface area (Å²) < 4.78 is 15.1. The van der Waals surface area contributed by atoms with E-state index < -0.39 is 0 Å². The molecule has 1 aromatic rings. The monoisotopic (exact) mass is 223 g/mol. The van der Waals surface area contributed by atoms with Gasteiger partial charge in [-0.15, -0.1) is 0 Å². The van der Waals surface area contributed by atoms with Crippen molar-refractivity contribution in [2.24, 2.45) is 0 Å². The Morgan fingerprint density at radius 1 is 1.38 bits per heavy atom. The third-order valence-electron chi connectivity index (χ3n) is 2.14. The molecule has 0 unspecified atom stereocenters. The van der Waals surface area contributed by atoms with Crippen LogP contribution in [0.2, 0.25) is 0 Å². The number of nitrogens with two attached hydrogens (primary N) is 1. The fourth-order valence-corrected chi connectivity index (χ4v) is 1.21. The van der Waals surface area contributed by atoms with Crippen molar-refractivity contribution < 1.29 is 19.0 Å². The van der Waals surface area contributed by atoms with Gasteiger partial charge in [0.1, 0.15) is 11.9 Å². The second-order valence-electron chi connectivity index (χ2n) is 3.51. The number of carbonyl (C=O) groups excluding carboxylic acids is 1. The van der Waals surface area contributed by atoms with E-state index in [1.165, 1.54) is 0 Å². The second kappa shape index (κ2) is 4.85. The van der Waals surface area contributed by atoms with Crippen LogP contribution >= 0.6 is 0 Å². The fourth-order valence-electron chi connectivity index (χ4n) is 1.21. The maximum absolute atomic E-state index is 11.3. The van der Waals surface area contributed by atoms with E-state index in [0.717, 1.165) is 0 Å². The Hall–Kier alpha value is -1.75. The number of carbonyl (C=O) groups is 1. The highest BCUT2D eigenvalue weighted by Gasteiger charge is 2.22. The lowest BCUT2D eigenvalue weighted by Gasteiger charge is -2.25. The summed E-state index contributed by atoms with van der Waals surface area (Å²) in [5.74, 6) is 0.209. The lowest BCUT2D eigenvalue weighted by atomic mass is 10.3. The van der Waals surface area contributed by atoms with E-state index in [4.69, 9.17) is 19.9 Å². The molecule has 0 spiro atoms. The molecule has 16 heavy (non-hydrogen) atoms. The van der Waals surface area contributed by atoms with Gasteiger partial charge in [0.25, 0.3) is 0 Å². The van der Waals surface area contributed by atoms with Crippen molar-refractivity contribution >= 4 is 11.7 Å². The minimum absolute atomic E-state index is 0.0968. The zero-order chi connectivity index (χ0) is 11.4. The molecule has 0 aliphatic carbocycles. The third kappa shape index (κ3) is 2.87. The Bertz CT molecular complexity index is 359. The molecule has 5 heteroatoms. The largest absolute Gasteiger partial charge is 0.482 e. The zero-order valence-corrected chi connectivity index (χ0v) is 8.72. The molecule has 0 atom stereocenters. The normalized spacial score (nSPS) is 15.2. The Balaban J connectivity index is 1.73. The number of hydrogen-bond donors (Lipinski definition) is 1. The molecule has 1 aliphatic heterocycles. The predicted molar refractivity (Wildman–Crippen MR) is 57.0 cm³/mol. The van der Waals surface area contributed by atoms with E-state index >= 15 is 0 Å². The number of ether oxygens (including phenoxy) is 3. The predicted octanol–water partition coefficient (Wildman–Crippen LogP) is 0.590. The Morgan fingerprint density at radius 2 is 2.06 bits per heavy atom. The van der Waals surface area contributed by atoms with E-state index in [0.29, 0.717) is 24.7 Å². The Kier molecular flexibility index (Phi) is 3.26. The van der Waals surface area contributed by atoms with Crippen LogP contribution in [0.1, 0.15) is 0 Å². The second-order valence-corrected chi connectivity index (χ2v) is 3.51. The molecular formula is C11H13NO4. The van der Waals surface area contributed by atoms with Crippen molar-refractivity contribution in [3.8, 4) is 5.75 Å². The zero-order valence-electron chi connectivity index (χ0n) is 8.72. The van der Waals surface area contributed by atoms with Gasteiger partial charge in [-0.2, -0.15) is 0 Å². The summed E-state index contributed by atoms with van der Waals surface area (Å²) in [5.41, 5.74) is 6.17. The van der Waals surface area contributed by atoms with Gasteiger partial charge in [-0.25, -0.2) is 4.79 Å². The number of anilines is 1. The first kappa shape index (κ1) is 10.8. The van der Waals surface area contributed by atoms with Gasteiger partial charge in [-0.1, -0.05) is 0 Å². The molecular weight excluding hydrogens is 210 g/mol. The molecule has 1 heterocycles. The highest BCUT2D eigenvalue weighted by Crippen LogP contribution is 2.13. The summed E-state index contributed by atoms with van der Waals surface area (Å²) in [6.07, 6.45) is -0.109. The van der Waals surface area contributed by atoms with Crippen molar-refractivity contribution in [3.05, 3.63) is 24.3 Å². The number of nitrogen functional groups attached to an aromatic ring is 1. The molecule has 2 N–H and O–H groups in total. The van der Waals surface area contributed by atoms with Gasteiger partial charge in [0, 0.05) is 5.69 Å². The van der Waals surface area contributed by atoms with Gasteiger partial charge in [0.05, 0.1) is 13.2 Å². The molecule has 1 saturated heterocycles. The lowest BCUT2D eigenvalue weighted by molar-refractivity contribution is -0.174. The molecule has 0 amide bonds. The molecule has 5 nitrogen and oxygen atoms in total. The lowest BCUT2D eigenvalue weighted by Crippen LogP contribution is -2.38. The molecule has 2 rings (SSSR count). The molecule has 0 saturated carbocycles. The quantitative estimate of drug-likeness (QED) is 0.597. The van der Waals surface area contributed by atoms with Crippen LogP contribution in [0.3, 0.4) is 0 Å². The molecule has 0 bridgehead atoms. The number of esters is 1. The topological polar surface area (TPSA) is 70.8 Å². The van der Waals surface area contributed by atoms with Gasteiger partial charge in [-0.05, 0) is 24.3 Å². The highest BCUT2D eigenvalue weighted by molar-refractivity contribution is 5.71. The Morgan fingerprint density at radius 3 is 2.62 bits per heavy atom. The van der Waals surface area contributed by atoms with Crippen molar-refractivity contribution in [2.45, 2.75) is 6.10 Å². The van der Waals surface area contributed by atoms with Crippen LogP contribution in [0, 0.1) is 0 Å². The summed E-state index contributed by atoms with van der Waals surface area (Å²) in [6, 6.07) is 6.82. The van der Waals surface area contributed by atoms with Crippen LogP contribution in [-0.2, 0) is 14.3 Å². The fraction of sp³-hybridized carbons (Fsp3) is 0.364. The van der Waals surface area contributed by atoms with Crippen LogP contribution < -0.4 is 10.5 Å². The van der Waals surface area contributed by atoms with Crippen LogP contribution in [0.15, 0.2) is 24.3 Å². The van der Waals surface area contributed by atoms with Crippen LogP contribution in [0.5, 0.6) is 5.75 Å². The van der Waals surface area contributed by atoms with Gasteiger partial charge in [0.2, 0.25) is 0 Å². The first-order valence-electron chi connectivity index (χ1n) is 4.99. The smallest absolute Gasteiger partial charge is 0.344 e. The van der Waals surface area contributed by atoms with Crippen molar-refractivity contribution in [1.82, 2.24) is 0 Å². The molecule has 1 aromatic carbocycles. The average molecular weight is 223 g/mol. The van der Waals surface area contributed by atoms with Crippen molar-refractivity contribution in [3.63, 3.8) is 0 Å². The number of hydrogen-bond acceptors (Lipinski definition) is 5. The average Bonchev–Trinajstić information content (AvgIpc) is 2.23. The first-order valence-corrected chi connectivity index (χ1v) is 4.99. The molecule has 0 aromatic heterocycles. The minimum Gasteiger partial charge on any atom is -0.482 e. The standard InChI is InChI=1S/C11H13NO4/c12-8-1-3-9(4-2-8)15-7-11(13)16-10-5-14-6-10/h1-4,10H,5-7,12H2. The van der Waals surface area contributed by atoms with Gasteiger partial charge in [0.15, 0.2) is 6.61 Å². The van der Waals surface area contributed by atoms with Crippen molar-refractivity contribution in [2.75, 3.05) is 25.6 Å². The van der Waals surface area contributed by atoms with Gasteiger partial charge < -0.3 is 19.9 Å². The maximum atomic E-state index is 11.3. The summed E-state index contributed by atoms with van der Waals surface area (Å²) in [6.45, 7) is 0.863. The number of rotatable bonds is 4. The SMILES string of the molecule is Nc1ccc(OCC(=O)OC2COC2)cc1. The Labute approximate surface area is 93.1 Å². The van der Waals surface area contributed by atoms with Gasteiger partial charge >= 0.3 is 5.97 Å². The molecule has 1 fully saturated rings. The van der Waals surface area contributed by atoms with E-state index in [-0.39, 0.29) is 18.7 Å². The van der Waals surface area contributed by atoms with E-state index in [9.17, 15) is 4.79 Å². The van der Waals surface area contributed by atoms with Crippen molar-refractivity contribution in [1.29, 1.82) is 0 Å². The van der Waals surface area contributed by atoms with E-state index in [1.54, 1.807) is 24.3 Å². The van der Waals surface area contributed by atoms with Gasteiger partial charge in [-0.3, -0.25) is 0 Å². The minimum atomic E-state index is -0.384. The third-order valence-corrected chi connectivity index (χ3v) is 2.14. The first-order chi connectivity index (χ1) is 7.74. The van der Waals surface area contributed by atoms with E-state index in [2.05, 4.69) is 0 Å². The summed E-state index contributed by atoms with van der Waals surface area (Å²) in [4.78, 5) is 11.3. The summed E-state index contributed by atoms with van der Waals surface area (Å²) >= 11 is 0. The highest BCUT2D eigenvalue weighted by atomic mass is 16.6. The van der Waals surface area contributed by atoms with E-state index in [1.807, 2.05) is 0 Å². The molecule has 1 aliphatic rings. The molecule has 0 radical (unpaired) electrons. The van der Waals surface area contributed by atoms with Crippen LogP contribution in [0.25, 0.3) is 0 Å².